The van der Waals surface area contributed by atoms with Gasteiger partial charge in [-0.15, -0.1) is 13.2 Å². The molecule has 6 fully saturated rings. The zero-order valence-electron chi connectivity index (χ0n) is 37.7. The summed E-state index contributed by atoms with van der Waals surface area (Å²) in [5.41, 5.74) is 6.29. The molecular weight excluding hydrogens is 821 g/mol. The summed E-state index contributed by atoms with van der Waals surface area (Å²) in [6.45, 7) is 12.3. The molecular formula is C56H56N6O4. The SMILES string of the molecule is C=CC1CN2CC[C@@H]1CC2[C@@H](Oc1nc(-c2ccccc2)nc(O[C@@H](c2ccnc3ccc(OC)cc23)[C@H]2CC3CCN2C[C@@H]3C=C)c1-c1ccccc1)c1ccnc2ccc(OC)cc12. The lowest BCUT2D eigenvalue weighted by molar-refractivity contribution is -0.0388. The van der Waals surface area contributed by atoms with Gasteiger partial charge >= 0.3 is 0 Å². The van der Waals surface area contributed by atoms with E-state index in [1.54, 1.807) is 14.2 Å². The molecule has 0 N–H and O–H groups in total. The first-order chi connectivity index (χ1) is 32.5. The van der Waals surface area contributed by atoms with E-state index >= 15 is 0 Å². The van der Waals surface area contributed by atoms with Gasteiger partial charge in [-0.1, -0.05) is 72.8 Å². The predicted molar refractivity (Wildman–Crippen MR) is 260 cm³/mol. The molecule has 0 radical (unpaired) electrons. The highest BCUT2D eigenvalue weighted by Gasteiger charge is 2.46. The summed E-state index contributed by atoms with van der Waals surface area (Å²) >= 11 is 0. The van der Waals surface area contributed by atoms with Crippen molar-refractivity contribution in [1.82, 2.24) is 29.7 Å². The highest BCUT2D eigenvalue weighted by Crippen LogP contribution is 2.49. The first-order valence-corrected chi connectivity index (χ1v) is 23.4. The van der Waals surface area contributed by atoms with Crippen molar-refractivity contribution >= 4 is 21.8 Å². The van der Waals surface area contributed by atoms with E-state index < -0.39 is 12.2 Å². The molecule has 4 aromatic carbocycles. The molecule has 10 nitrogen and oxygen atoms in total. The summed E-state index contributed by atoms with van der Waals surface area (Å²) in [6.07, 6.45) is 11.4. The van der Waals surface area contributed by atoms with E-state index in [0.29, 0.717) is 46.8 Å². The fourth-order valence-corrected chi connectivity index (χ4v) is 11.5. The molecule has 4 bridgehead atoms. The first kappa shape index (κ1) is 42.0. The second-order valence-corrected chi connectivity index (χ2v) is 18.4. The third kappa shape index (κ3) is 7.75. The van der Waals surface area contributed by atoms with Crippen LogP contribution >= 0.6 is 0 Å². The van der Waals surface area contributed by atoms with Crippen LogP contribution < -0.4 is 18.9 Å². The monoisotopic (exact) mass is 876 g/mol. The van der Waals surface area contributed by atoms with Crippen LogP contribution in [0.15, 0.2) is 147 Å². The van der Waals surface area contributed by atoms with E-state index in [1.807, 2.05) is 73.1 Å². The molecule has 6 aliphatic rings. The van der Waals surface area contributed by atoms with Gasteiger partial charge in [-0.3, -0.25) is 19.8 Å². The van der Waals surface area contributed by atoms with Crippen LogP contribution in [0.4, 0.5) is 0 Å². The number of benzene rings is 4. The minimum atomic E-state index is -0.437. The maximum absolute atomic E-state index is 7.73. The van der Waals surface area contributed by atoms with Gasteiger partial charge in [0.15, 0.2) is 5.82 Å². The third-order valence-corrected chi connectivity index (χ3v) is 15.0. The van der Waals surface area contributed by atoms with E-state index in [1.165, 1.54) is 0 Å². The molecule has 3 aromatic heterocycles. The smallest absolute Gasteiger partial charge is 0.229 e. The first-order valence-electron chi connectivity index (χ1n) is 23.4. The fourth-order valence-electron chi connectivity index (χ4n) is 11.5. The average Bonchev–Trinajstić information content (AvgIpc) is 3.39. The Kier molecular flexibility index (Phi) is 11.5. The minimum absolute atomic E-state index is 0.0502. The topological polar surface area (TPSA) is 95.0 Å². The number of fused-ring (bicyclic) bond motifs is 8. The number of aromatic nitrogens is 4. The number of rotatable bonds is 14. The van der Waals surface area contributed by atoms with Crippen LogP contribution in [0.5, 0.6) is 23.3 Å². The fraction of sp³-hybridized carbons (Fsp3) is 0.321. The highest BCUT2D eigenvalue weighted by atomic mass is 16.5. The van der Waals surface area contributed by atoms with Crippen molar-refractivity contribution < 1.29 is 18.9 Å². The van der Waals surface area contributed by atoms with Gasteiger partial charge in [0.2, 0.25) is 11.8 Å². The Morgan fingerprint density at radius 1 is 0.591 bits per heavy atom. The standard InChI is InChI=1S/C56H56N6O4/c1-5-35-33-61-27-23-39(35)29-49(61)52(43-21-25-57-47-19-17-41(63-3)31-45(43)47)65-55-51(37-13-9-7-10-14-37)56(60-54(59-55)38-15-11-8-12-16-38)66-53(50-30-40-24-28-62(50)34-36(40)6-2)44-22-26-58-48-20-18-42(64-4)32-46(44)48/h5-22,25-26,31-32,35-36,39-40,49-50,52-53H,1-2,23-24,27-30,33-34H2,3-4H3/t35-,36?,39?,40+,49+,50?,52-,53-/m0/s1. The maximum atomic E-state index is 7.73. The molecule has 10 heteroatoms. The summed E-state index contributed by atoms with van der Waals surface area (Å²) in [5, 5.41) is 1.97. The molecule has 5 unspecified atom stereocenters. The molecule has 13 rings (SSSR count). The number of ether oxygens (including phenoxy) is 4. The van der Waals surface area contributed by atoms with Gasteiger partial charge in [0, 0.05) is 52.9 Å². The lowest BCUT2D eigenvalue weighted by Crippen LogP contribution is -2.55. The van der Waals surface area contributed by atoms with Gasteiger partial charge in [-0.25, -0.2) is 0 Å². The van der Waals surface area contributed by atoms with Crippen LogP contribution in [0.1, 0.15) is 49.0 Å². The predicted octanol–water partition coefficient (Wildman–Crippen LogP) is 11.0. The Bertz CT molecular complexity index is 2740. The quantitative estimate of drug-likeness (QED) is 0.0983. The zero-order chi connectivity index (χ0) is 44.7. The summed E-state index contributed by atoms with van der Waals surface area (Å²) in [4.78, 5) is 25.7. The number of hydrogen-bond donors (Lipinski definition) is 0. The number of pyridine rings is 2. The Labute approximate surface area is 387 Å². The molecule has 66 heavy (non-hydrogen) atoms. The Balaban J connectivity index is 1.13. The van der Waals surface area contributed by atoms with Crippen molar-refractivity contribution in [3.63, 3.8) is 0 Å². The van der Waals surface area contributed by atoms with Crippen LogP contribution in [-0.2, 0) is 0 Å². The average molecular weight is 877 g/mol. The Hall–Kier alpha value is -6.62. The van der Waals surface area contributed by atoms with Crippen LogP contribution in [0.2, 0.25) is 0 Å². The van der Waals surface area contributed by atoms with Gasteiger partial charge in [-0.2, -0.15) is 9.97 Å². The number of piperidine rings is 6. The van der Waals surface area contributed by atoms with E-state index in [0.717, 1.165) is 107 Å². The number of hydrogen-bond acceptors (Lipinski definition) is 10. The van der Waals surface area contributed by atoms with Crippen LogP contribution in [0, 0.1) is 23.7 Å². The van der Waals surface area contributed by atoms with Crippen molar-refractivity contribution in [2.45, 2.75) is 50.0 Å². The lowest BCUT2D eigenvalue weighted by Gasteiger charge is -2.51. The molecule has 10 atom stereocenters. The minimum Gasteiger partial charge on any atom is -0.497 e. The normalized spacial score (nSPS) is 25.2. The second kappa shape index (κ2) is 18.0. The number of methoxy groups -OCH3 is 2. The second-order valence-electron chi connectivity index (χ2n) is 18.4. The van der Waals surface area contributed by atoms with E-state index in [9.17, 15) is 0 Å². The molecule has 0 saturated carbocycles. The van der Waals surface area contributed by atoms with Crippen molar-refractivity contribution in [2.75, 3.05) is 40.4 Å². The highest BCUT2D eigenvalue weighted by molar-refractivity contribution is 5.85. The summed E-state index contributed by atoms with van der Waals surface area (Å²) < 4.78 is 27.1. The van der Waals surface area contributed by atoms with E-state index in [2.05, 4.69) is 83.6 Å². The molecule has 6 aliphatic heterocycles. The van der Waals surface area contributed by atoms with Crippen LogP contribution in [-0.4, -0.2) is 82.2 Å². The van der Waals surface area contributed by atoms with Gasteiger partial charge in [-0.05, 0) is 117 Å². The molecule has 0 amide bonds. The number of nitrogens with zero attached hydrogens (tertiary/aromatic N) is 6. The zero-order valence-corrected chi connectivity index (χ0v) is 37.7. The maximum Gasteiger partial charge on any atom is 0.229 e. The molecule has 334 valence electrons. The van der Waals surface area contributed by atoms with Crippen molar-refractivity contribution in [3.8, 4) is 45.8 Å². The summed E-state index contributed by atoms with van der Waals surface area (Å²) in [5.74, 6) is 4.84. The molecule has 0 spiro atoms. The Morgan fingerprint density at radius 3 is 1.48 bits per heavy atom. The van der Waals surface area contributed by atoms with Gasteiger partial charge in [0.1, 0.15) is 29.3 Å². The molecule has 6 saturated heterocycles. The van der Waals surface area contributed by atoms with Gasteiger partial charge in [0.25, 0.3) is 0 Å². The van der Waals surface area contributed by atoms with Crippen LogP contribution in [0.25, 0.3) is 44.3 Å². The van der Waals surface area contributed by atoms with Crippen LogP contribution in [0.3, 0.4) is 0 Å². The van der Waals surface area contributed by atoms with E-state index in [4.69, 9.17) is 38.9 Å². The lowest BCUT2D eigenvalue weighted by atomic mass is 9.73. The molecule has 9 heterocycles. The summed E-state index contributed by atoms with van der Waals surface area (Å²) in [6, 6.07) is 37.0. The molecule has 7 aromatic rings. The third-order valence-electron chi connectivity index (χ3n) is 15.0. The van der Waals surface area contributed by atoms with E-state index in [-0.39, 0.29) is 12.1 Å². The molecule has 0 aliphatic carbocycles. The van der Waals surface area contributed by atoms with Gasteiger partial charge in [0.05, 0.1) is 37.3 Å². The van der Waals surface area contributed by atoms with Crippen molar-refractivity contribution in [2.24, 2.45) is 23.7 Å². The van der Waals surface area contributed by atoms with Crippen molar-refractivity contribution in [3.05, 3.63) is 158 Å². The Morgan fingerprint density at radius 2 is 1.06 bits per heavy atom. The van der Waals surface area contributed by atoms with Gasteiger partial charge < -0.3 is 18.9 Å². The summed E-state index contributed by atoms with van der Waals surface area (Å²) in [7, 11) is 3.41. The largest absolute Gasteiger partial charge is 0.497 e. The van der Waals surface area contributed by atoms with Crippen molar-refractivity contribution in [1.29, 1.82) is 0 Å².